The zero-order valence-corrected chi connectivity index (χ0v) is 13.2. The highest BCUT2D eigenvalue weighted by molar-refractivity contribution is 6.30. The van der Waals surface area contributed by atoms with Crippen LogP contribution in [0.25, 0.3) is 0 Å². The maximum absolute atomic E-state index is 7.45. The Kier molecular flexibility index (Phi) is 4.53. The van der Waals surface area contributed by atoms with Gasteiger partial charge in [0.25, 0.3) is 0 Å². The second-order valence-electron chi connectivity index (χ2n) is 5.21. The number of benzene rings is 2. The van der Waals surface area contributed by atoms with Crippen molar-refractivity contribution in [3.63, 3.8) is 0 Å². The highest BCUT2D eigenvalue weighted by atomic mass is 35.5. The minimum Gasteiger partial charge on any atom is -0.488 e. The van der Waals surface area contributed by atoms with Crippen molar-refractivity contribution in [3.05, 3.63) is 63.2 Å². The summed E-state index contributed by atoms with van der Waals surface area (Å²) in [5, 5.41) is 8.17. The van der Waals surface area contributed by atoms with Gasteiger partial charge in [-0.2, -0.15) is 0 Å². The van der Waals surface area contributed by atoms with E-state index in [0.717, 1.165) is 38.6 Å². The summed E-state index contributed by atoms with van der Waals surface area (Å²) in [6.45, 7) is 6.44. The quantitative estimate of drug-likeness (QED) is 0.659. The molecule has 0 aliphatic rings. The molecule has 0 unspecified atom stereocenters. The Balaban J connectivity index is 2.19. The first kappa shape index (κ1) is 15.4. The molecule has 21 heavy (non-hydrogen) atoms. The molecule has 2 aromatic carbocycles. The molecule has 0 spiro atoms. The molecule has 0 radical (unpaired) electrons. The van der Waals surface area contributed by atoms with Gasteiger partial charge in [-0.15, -0.1) is 0 Å². The topological polar surface area (TPSA) is 59.1 Å². The summed E-state index contributed by atoms with van der Waals surface area (Å²) in [4.78, 5) is 0. The number of nitrogens with one attached hydrogen (secondary N) is 1. The molecule has 0 fully saturated rings. The van der Waals surface area contributed by atoms with Gasteiger partial charge in [-0.3, -0.25) is 5.41 Å². The largest absolute Gasteiger partial charge is 0.488 e. The molecule has 0 aliphatic carbocycles. The molecule has 2 rings (SSSR count). The third-order valence-electron chi connectivity index (χ3n) is 3.45. The van der Waals surface area contributed by atoms with Gasteiger partial charge in [0.15, 0.2) is 0 Å². The first-order valence-electron chi connectivity index (χ1n) is 6.72. The van der Waals surface area contributed by atoms with Crippen molar-refractivity contribution in [3.8, 4) is 5.75 Å². The Morgan fingerprint density at radius 3 is 2.24 bits per heavy atom. The molecule has 4 heteroatoms. The third-order valence-corrected chi connectivity index (χ3v) is 3.67. The maximum atomic E-state index is 7.45. The number of amidine groups is 1. The first-order chi connectivity index (χ1) is 9.88. The van der Waals surface area contributed by atoms with Crippen molar-refractivity contribution in [2.45, 2.75) is 27.4 Å². The lowest BCUT2D eigenvalue weighted by Gasteiger charge is -2.14. The zero-order chi connectivity index (χ0) is 15.6. The standard InChI is InChI=1S/C17H19ClN2O/c1-10-6-13(17(19)20)4-5-14(10)9-21-16-11(2)7-15(18)8-12(16)3/h4-8H,9H2,1-3H3,(H3,19,20). The van der Waals surface area contributed by atoms with E-state index in [1.54, 1.807) is 0 Å². The fourth-order valence-electron chi connectivity index (χ4n) is 2.30. The first-order valence-corrected chi connectivity index (χ1v) is 7.09. The van der Waals surface area contributed by atoms with Crippen LogP contribution < -0.4 is 10.5 Å². The summed E-state index contributed by atoms with van der Waals surface area (Å²) in [6, 6.07) is 9.50. The minimum absolute atomic E-state index is 0.0787. The van der Waals surface area contributed by atoms with Gasteiger partial charge in [0.1, 0.15) is 18.2 Å². The zero-order valence-electron chi connectivity index (χ0n) is 12.5. The van der Waals surface area contributed by atoms with E-state index in [9.17, 15) is 0 Å². The van der Waals surface area contributed by atoms with Gasteiger partial charge in [-0.1, -0.05) is 23.7 Å². The van der Waals surface area contributed by atoms with E-state index in [4.69, 9.17) is 27.5 Å². The number of ether oxygens (including phenoxy) is 1. The van der Waals surface area contributed by atoms with Crippen molar-refractivity contribution in [1.82, 2.24) is 0 Å². The Morgan fingerprint density at radius 1 is 1.10 bits per heavy atom. The normalized spacial score (nSPS) is 10.5. The lowest BCUT2D eigenvalue weighted by molar-refractivity contribution is 0.301. The van der Waals surface area contributed by atoms with E-state index >= 15 is 0 Å². The summed E-state index contributed by atoms with van der Waals surface area (Å²) in [5.41, 5.74) is 10.4. The van der Waals surface area contributed by atoms with Gasteiger partial charge in [-0.05, 0) is 61.2 Å². The number of hydrogen-bond acceptors (Lipinski definition) is 2. The van der Waals surface area contributed by atoms with Crippen molar-refractivity contribution >= 4 is 17.4 Å². The second kappa shape index (κ2) is 6.19. The van der Waals surface area contributed by atoms with E-state index in [0.29, 0.717) is 6.61 Å². The van der Waals surface area contributed by atoms with Gasteiger partial charge >= 0.3 is 0 Å². The molecule has 0 saturated carbocycles. The highest BCUT2D eigenvalue weighted by Gasteiger charge is 2.08. The Labute approximate surface area is 130 Å². The van der Waals surface area contributed by atoms with Crippen LogP contribution in [0.15, 0.2) is 30.3 Å². The molecule has 2 aromatic rings. The van der Waals surface area contributed by atoms with E-state index in [1.807, 2.05) is 51.1 Å². The molecule has 0 aliphatic heterocycles. The van der Waals surface area contributed by atoms with Gasteiger partial charge in [0, 0.05) is 10.6 Å². The molecule has 0 aromatic heterocycles. The lowest BCUT2D eigenvalue weighted by atomic mass is 10.0. The van der Waals surface area contributed by atoms with E-state index in [-0.39, 0.29) is 5.84 Å². The Bertz CT molecular complexity index is 672. The summed E-state index contributed by atoms with van der Waals surface area (Å²) < 4.78 is 5.95. The van der Waals surface area contributed by atoms with Crippen LogP contribution in [0.4, 0.5) is 0 Å². The maximum Gasteiger partial charge on any atom is 0.125 e. The number of hydrogen-bond donors (Lipinski definition) is 2. The SMILES string of the molecule is Cc1cc(C(=N)N)ccc1COc1c(C)cc(Cl)cc1C. The average molecular weight is 303 g/mol. The molecular formula is C17H19ClN2O. The van der Waals surface area contributed by atoms with Crippen molar-refractivity contribution in [1.29, 1.82) is 5.41 Å². The number of rotatable bonds is 4. The van der Waals surface area contributed by atoms with E-state index < -0.39 is 0 Å². The predicted molar refractivity (Wildman–Crippen MR) is 87.5 cm³/mol. The summed E-state index contributed by atoms with van der Waals surface area (Å²) in [5.74, 6) is 0.949. The monoisotopic (exact) mass is 302 g/mol. The number of halogens is 1. The lowest BCUT2D eigenvalue weighted by Crippen LogP contribution is -2.11. The van der Waals surface area contributed by atoms with Crippen LogP contribution >= 0.6 is 11.6 Å². The van der Waals surface area contributed by atoms with Crippen molar-refractivity contribution < 1.29 is 4.74 Å². The summed E-state index contributed by atoms with van der Waals surface area (Å²) >= 11 is 6.02. The molecule has 0 saturated heterocycles. The Morgan fingerprint density at radius 2 is 1.71 bits per heavy atom. The smallest absolute Gasteiger partial charge is 0.125 e. The predicted octanol–water partition coefficient (Wildman–Crippen LogP) is 4.13. The van der Waals surface area contributed by atoms with Crippen LogP contribution in [0, 0.1) is 26.2 Å². The Hall–Kier alpha value is -2.00. The van der Waals surface area contributed by atoms with Crippen LogP contribution in [0.1, 0.15) is 27.8 Å². The molecule has 110 valence electrons. The van der Waals surface area contributed by atoms with Gasteiger partial charge in [-0.25, -0.2) is 0 Å². The van der Waals surface area contributed by atoms with E-state index in [2.05, 4.69) is 0 Å². The van der Waals surface area contributed by atoms with Crippen molar-refractivity contribution in [2.24, 2.45) is 5.73 Å². The van der Waals surface area contributed by atoms with Gasteiger partial charge in [0.05, 0.1) is 0 Å². The molecular weight excluding hydrogens is 284 g/mol. The fourth-order valence-corrected chi connectivity index (χ4v) is 2.63. The van der Waals surface area contributed by atoms with Crippen LogP contribution in [0.2, 0.25) is 5.02 Å². The molecule has 3 nitrogen and oxygen atoms in total. The van der Waals surface area contributed by atoms with Crippen LogP contribution in [-0.2, 0) is 6.61 Å². The van der Waals surface area contributed by atoms with Crippen LogP contribution in [-0.4, -0.2) is 5.84 Å². The highest BCUT2D eigenvalue weighted by Crippen LogP contribution is 2.28. The molecule has 0 heterocycles. The van der Waals surface area contributed by atoms with Crippen LogP contribution in [0.3, 0.4) is 0 Å². The van der Waals surface area contributed by atoms with E-state index in [1.165, 1.54) is 0 Å². The number of nitrogens with two attached hydrogens (primary N) is 1. The molecule has 0 bridgehead atoms. The number of aryl methyl sites for hydroxylation is 3. The van der Waals surface area contributed by atoms with Crippen molar-refractivity contribution in [2.75, 3.05) is 0 Å². The van der Waals surface area contributed by atoms with Crippen LogP contribution in [0.5, 0.6) is 5.75 Å². The minimum atomic E-state index is 0.0787. The summed E-state index contributed by atoms with van der Waals surface area (Å²) in [7, 11) is 0. The van der Waals surface area contributed by atoms with Gasteiger partial charge < -0.3 is 10.5 Å². The average Bonchev–Trinajstić information content (AvgIpc) is 2.38. The fraction of sp³-hybridized carbons (Fsp3) is 0.235. The second-order valence-corrected chi connectivity index (χ2v) is 5.65. The molecule has 0 amide bonds. The number of nitrogen functional groups attached to an aromatic ring is 1. The third kappa shape index (κ3) is 3.56. The molecule has 0 atom stereocenters. The summed E-state index contributed by atoms with van der Waals surface area (Å²) in [6.07, 6.45) is 0. The molecule has 3 N–H and O–H groups in total. The van der Waals surface area contributed by atoms with Gasteiger partial charge in [0.2, 0.25) is 0 Å².